The quantitative estimate of drug-likeness (QED) is 0.428. The SMILES string of the molecule is O=C(COC(=O)CN(c1ccccc1)c1ccccc1)Nc1cccc2ccccc12. The van der Waals surface area contributed by atoms with Crippen molar-refractivity contribution in [3.05, 3.63) is 103 Å². The average Bonchev–Trinajstić information content (AvgIpc) is 2.82. The summed E-state index contributed by atoms with van der Waals surface area (Å²) < 4.78 is 5.27. The Hall–Kier alpha value is -4.12. The summed E-state index contributed by atoms with van der Waals surface area (Å²) >= 11 is 0. The van der Waals surface area contributed by atoms with Gasteiger partial charge in [0.25, 0.3) is 5.91 Å². The molecule has 0 spiro atoms. The maximum atomic E-state index is 12.5. The second-order valence-corrected chi connectivity index (χ2v) is 6.99. The molecule has 4 aromatic rings. The summed E-state index contributed by atoms with van der Waals surface area (Å²) in [7, 11) is 0. The fourth-order valence-corrected chi connectivity index (χ4v) is 3.39. The molecule has 5 heteroatoms. The van der Waals surface area contributed by atoms with Crippen LogP contribution in [-0.2, 0) is 14.3 Å². The average molecular weight is 410 g/mol. The molecule has 5 nitrogen and oxygen atoms in total. The van der Waals surface area contributed by atoms with Crippen LogP contribution in [0, 0.1) is 0 Å². The number of anilines is 3. The van der Waals surface area contributed by atoms with Crippen LogP contribution in [0.4, 0.5) is 17.1 Å². The Balaban J connectivity index is 1.40. The topological polar surface area (TPSA) is 58.6 Å². The van der Waals surface area contributed by atoms with Gasteiger partial charge >= 0.3 is 5.97 Å². The van der Waals surface area contributed by atoms with E-state index in [0.29, 0.717) is 5.69 Å². The summed E-state index contributed by atoms with van der Waals surface area (Å²) in [6.07, 6.45) is 0. The number of rotatable bonds is 7. The molecule has 0 heterocycles. The summed E-state index contributed by atoms with van der Waals surface area (Å²) in [5.74, 6) is -0.864. The highest BCUT2D eigenvalue weighted by molar-refractivity contribution is 6.02. The van der Waals surface area contributed by atoms with Crippen LogP contribution >= 0.6 is 0 Å². The second kappa shape index (κ2) is 9.59. The molecule has 1 amide bonds. The van der Waals surface area contributed by atoms with Gasteiger partial charge < -0.3 is 15.0 Å². The molecule has 0 fully saturated rings. The molecular formula is C26H22N2O3. The first-order valence-corrected chi connectivity index (χ1v) is 10.0. The van der Waals surface area contributed by atoms with Gasteiger partial charge in [0.1, 0.15) is 6.54 Å². The van der Waals surface area contributed by atoms with E-state index in [9.17, 15) is 9.59 Å². The van der Waals surface area contributed by atoms with Gasteiger partial charge in [0.05, 0.1) is 0 Å². The normalized spacial score (nSPS) is 10.5. The Bertz CT molecular complexity index is 1130. The predicted octanol–water partition coefficient (Wildman–Crippen LogP) is 5.16. The van der Waals surface area contributed by atoms with Gasteiger partial charge in [-0.1, -0.05) is 72.8 Å². The van der Waals surface area contributed by atoms with E-state index in [4.69, 9.17) is 4.74 Å². The first-order valence-electron chi connectivity index (χ1n) is 10.0. The molecule has 4 rings (SSSR count). The van der Waals surface area contributed by atoms with Gasteiger partial charge in [0.2, 0.25) is 0 Å². The molecule has 0 aliphatic heterocycles. The lowest BCUT2D eigenvalue weighted by atomic mass is 10.1. The third-order valence-electron chi connectivity index (χ3n) is 4.85. The number of fused-ring (bicyclic) bond motifs is 1. The molecule has 0 bridgehead atoms. The van der Waals surface area contributed by atoms with E-state index in [1.807, 2.05) is 108 Å². The lowest BCUT2D eigenvalue weighted by Crippen LogP contribution is -2.29. The van der Waals surface area contributed by atoms with Gasteiger partial charge in [-0.15, -0.1) is 0 Å². The number of hydrogen-bond donors (Lipinski definition) is 1. The molecule has 0 aliphatic carbocycles. The van der Waals surface area contributed by atoms with Crippen LogP contribution in [0.1, 0.15) is 0 Å². The number of para-hydroxylation sites is 2. The van der Waals surface area contributed by atoms with Crippen molar-refractivity contribution in [2.24, 2.45) is 0 Å². The zero-order chi connectivity index (χ0) is 21.5. The molecule has 0 saturated carbocycles. The molecule has 154 valence electrons. The first-order chi connectivity index (χ1) is 15.2. The van der Waals surface area contributed by atoms with E-state index in [1.165, 1.54) is 0 Å². The molecular weight excluding hydrogens is 388 g/mol. The third kappa shape index (κ3) is 5.08. The lowest BCUT2D eigenvalue weighted by molar-refractivity contribution is -0.145. The van der Waals surface area contributed by atoms with Gasteiger partial charge in [0, 0.05) is 22.4 Å². The van der Waals surface area contributed by atoms with E-state index in [2.05, 4.69) is 5.32 Å². The predicted molar refractivity (Wildman–Crippen MR) is 123 cm³/mol. The second-order valence-electron chi connectivity index (χ2n) is 6.99. The smallest absolute Gasteiger partial charge is 0.326 e. The maximum absolute atomic E-state index is 12.5. The lowest BCUT2D eigenvalue weighted by Gasteiger charge is -2.24. The van der Waals surface area contributed by atoms with Crippen molar-refractivity contribution < 1.29 is 14.3 Å². The number of hydrogen-bond acceptors (Lipinski definition) is 4. The van der Waals surface area contributed by atoms with Crippen LogP contribution in [-0.4, -0.2) is 25.0 Å². The Kier molecular flexibility index (Phi) is 6.24. The molecule has 0 aromatic heterocycles. The van der Waals surface area contributed by atoms with Crippen LogP contribution in [0.5, 0.6) is 0 Å². The highest BCUT2D eigenvalue weighted by Gasteiger charge is 2.16. The van der Waals surface area contributed by atoms with Crippen molar-refractivity contribution >= 4 is 39.7 Å². The van der Waals surface area contributed by atoms with Crippen LogP contribution in [0.3, 0.4) is 0 Å². The Morgan fingerprint density at radius 2 is 1.29 bits per heavy atom. The Labute approximate surface area is 180 Å². The minimum Gasteiger partial charge on any atom is -0.454 e. The molecule has 0 aliphatic rings. The summed E-state index contributed by atoms with van der Waals surface area (Å²) in [6.45, 7) is -0.352. The molecule has 0 saturated heterocycles. The van der Waals surface area contributed by atoms with Crippen molar-refractivity contribution in [2.45, 2.75) is 0 Å². The minimum absolute atomic E-state index is 0.00439. The number of carbonyl (C=O) groups excluding carboxylic acids is 2. The number of esters is 1. The number of nitrogens with zero attached hydrogens (tertiary/aromatic N) is 1. The molecule has 0 atom stereocenters. The summed E-state index contributed by atoms with van der Waals surface area (Å²) in [5.41, 5.74) is 2.42. The molecule has 4 aromatic carbocycles. The van der Waals surface area contributed by atoms with Gasteiger partial charge in [-0.05, 0) is 35.7 Å². The monoisotopic (exact) mass is 410 g/mol. The van der Waals surface area contributed by atoms with Gasteiger partial charge in [-0.3, -0.25) is 9.59 Å². The van der Waals surface area contributed by atoms with Crippen molar-refractivity contribution in [3.8, 4) is 0 Å². The van der Waals surface area contributed by atoms with Crippen LogP contribution in [0.2, 0.25) is 0 Å². The summed E-state index contributed by atoms with van der Waals surface area (Å²) in [5, 5.41) is 4.79. The first kappa shape index (κ1) is 20.2. The van der Waals surface area contributed by atoms with Crippen LogP contribution < -0.4 is 10.2 Å². The number of ether oxygens (including phenoxy) is 1. The van der Waals surface area contributed by atoms with Gasteiger partial charge in [0.15, 0.2) is 6.61 Å². The number of amides is 1. The fraction of sp³-hybridized carbons (Fsp3) is 0.0769. The molecule has 0 radical (unpaired) electrons. The molecule has 31 heavy (non-hydrogen) atoms. The third-order valence-corrected chi connectivity index (χ3v) is 4.85. The largest absolute Gasteiger partial charge is 0.454 e. The minimum atomic E-state index is -0.485. The highest BCUT2D eigenvalue weighted by Crippen LogP contribution is 2.25. The van der Waals surface area contributed by atoms with Crippen LogP contribution in [0.25, 0.3) is 10.8 Å². The number of benzene rings is 4. The Morgan fingerprint density at radius 1 is 0.710 bits per heavy atom. The van der Waals surface area contributed by atoms with E-state index in [0.717, 1.165) is 22.1 Å². The van der Waals surface area contributed by atoms with Crippen molar-refractivity contribution in [1.29, 1.82) is 0 Å². The summed E-state index contributed by atoms with van der Waals surface area (Å²) in [4.78, 5) is 26.8. The number of carbonyl (C=O) groups is 2. The fourth-order valence-electron chi connectivity index (χ4n) is 3.39. The molecule has 1 N–H and O–H groups in total. The highest BCUT2D eigenvalue weighted by atomic mass is 16.5. The Morgan fingerprint density at radius 3 is 1.97 bits per heavy atom. The zero-order valence-corrected chi connectivity index (χ0v) is 16.9. The zero-order valence-electron chi connectivity index (χ0n) is 16.9. The van der Waals surface area contributed by atoms with E-state index < -0.39 is 5.97 Å². The molecule has 0 unspecified atom stereocenters. The van der Waals surface area contributed by atoms with Gasteiger partial charge in [-0.2, -0.15) is 0 Å². The standard InChI is InChI=1S/C26H22N2O3/c29-25(27-24-17-9-11-20-10-7-8-16-23(20)24)19-31-26(30)18-28(21-12-3-1-4-13-21)22-14-5-2-6-15-22/h1-17H,18-19H2,(H,27,29). The summed E-state index contributed by atoms with van der Waals surface area (Å²) in [6, 6.07) is 32.6. The van der Waals surface area contributed by atoms with E-state index in [1.54, 1.807) is 0 Å². The van der Waals surface area contributed by atoms with E-state index in [-0.39, 0.29) is 19.1 Å². The van der Waals surface area contributed by atoms with E-state index >= 15 is 0 Å². The van der Waals surface area contributed by atoms with Crippen molar-refractivity contribution in [2.75, 3.05) is 23.4 Å². The van der Waals surface area contributed by atoms with Crippen molar-refractivity contribution in [3.63, 3.8) is 0 Å². The van der Waals surface area contributed by atoms with Gasteiger partial charge in [-0.25, -0.2) is 0 Å². The maximum Gasteiger partial charge on any atom is 0.326 e. The van der Waals surface area contributed by atoms with Crippen molar-refractivity contribution in [1.82, 2.24) is 0 Å². The van der Waals surface area contributed by atoms with Crippen LogP contribution in [0.15, 0.2) is 103 Å². The number of nitrogens with one attached hydrogen (secondary N) is 1.